The predicted molar refractivity (Wildman–Crippen MR) is 94.9 cm³/mol. The van der Waals surface area contributed by atoms with E-state index in [4.69, 9.17) is 0 Å². The van der Waals surface area contributed by atoms with Gasteiger partial charge in [-0.3, -0.25) is 4.79 Å². The Hall–Kier alpha value is -1.74. The van der Waals surface area contributed by atoms with Gasteiger partial charge in [0.1, 0.15) is 0 Å². The zero-order chi connectivity index (χ0) is 15.9. The molecule has 2 rings (SSSR count). The minimum atomic E-state index is -0.0619. The van der Waals surface area contributed by atoms with Crippen molar-refractivity contribution in [3.63, 3.8) is 0 Å². The lowest BCUT2D eigenvalue weighted by Gasteiger charge is -2.18. The molecule has 0 aliphatic carbocycles. The van der Waals surface area contributed by atoms with E-state index in [1.807, 2.05) is 32.0 Å². The Kier molecular flexibility index (Phi) is 6.08. The van der Waals surface area contributed by atoms with Gasteiger partial charge < -0.3 is 5.32 Å². The van der Waals surface area contributed by atoms with E-state index in [0.29, 0.717) is 0 Å². The molecule has 0 spiro atoms. The first-order valence-electron chi connectivity index (χ1n) is 7.58. The van der Waals surface area contributed by atoms with Gasteiger partial charge in [0.15, 0.2) is 0 Å². The molecule has 0 radical (unpaired) electrons. The van der Waals surface area contributed by atoms with E-state index in [0.717, 1.165) is 11.3 Å². The van der Waals surface area contributed by atoms with Crippen molar-refractivity contribution in [3.05, 3.63) is 71.3 Å². The van der Waals surface area contributed by atoms with Crippen LogP contribution < -0.4 is 5.32 Å². The lowest BCUT2D eigenvalue weighted by atomic mass is 10.1. The van der Waals surface area contributed by atoms with E-state index < -0.39 is 0 Å². The first-order valence-corrected chi connectivity index (χ1v) is 8.63. The van der Waals surface area contributed by atoms with Crippen molar-refractivity contribution in [2.45, 2.75) is 37.8 Å². The van der Waals surface area contributed by atoms with Gasteiger partial charge in [-0.25, -0.2) is 0 Å². The number of hydrogen-bond donors (Lipinski definition) is 1. The van der Waals surface area contributed by atoms with Crippen molar-refractivity contribution >= 4 is 17.7 Å². The van der Waals surface area contributed by atoms with Crippen LogP contribution in [0.1, 0.15) is 36.6 Å². The van der Waals surface area contributed by atoms with Crippen LogP contribution in [0.2, 0.25) is 0 Å². The molecule has 2 aromatic carbocycles. The highest BCUT2D eigenvalue weighted by Gasteiger charge is 2.16. The molecule has 0 aliphatic rings. The maximum absolute atomic E-state index is 12.3. The number of thioether (sulfide) groups is 1. The van der Waals surface area contributed by atoms with Crippen molar-refractivity contribution in [2.75, 3.05) is 0 Å². The third-order valence-corrected chi connectivity index (χ3v) is 4.86. The fraction of sp³-hybridized carbons (Fsp3) is 0.316. The minimum Gasteiger partial charge on any atom is -0.349 e. The van der Waals surface area contributed by atoms with Crippen LogP contribution in [0.5, 0.6) is 0 Å². The Labute approximate surface area is 137 Å². The van der Waals surface area contributed by atoms with Crippen LogP contribution in [0.3, 0.4) is 0 Å². The molecule has 1 N–H and O–H groups in total. The summed E-state index contributed by atoms with van der Waals surface area (Å²) in [6.45, 7) is 6.05. The summed E-state index contributed by atoms with van der Waals surface area (Å²) in [6.07, 6.45) is 0. The fourth-order valence-electron chi connectivity index (χ4n) is 2.14. The topological polar surface area (TPSA) is 29.1 Å². The van der Waals surface area contributed by atoms with Crippen LogP contribution in [-0.2, 0) is 10.5 Å². The highest BCUT2D eigenvalue weighted by molar-refractivity contribution is 7.99. The van der Waals surface area contributed by atoms with E-state index in [1.54, 1.807) is 11.8 Å². The van der Waals surface area contributed by atoms with Crippen LogP contribution >= 0.6 is 11.8 Å². The third-order valence-electron chi connectivity index (χ3n) is 3.65. The van der Waals surface area contributed by atoms with Crippen LogP contribution in [0.15, 0.2) is 54.6 Å². The molecule has 0 saturated heterocycles. The highest BCUT2D eigenvalue weighted by atomic mass is 32.2. The van der Waals surface area contributed by atoms with Crippen molar-refractivity contribution in [1.29, 1.82) is 0 Å². The molecule has 0 heterocycles. The molecule has 2 aromatic rings. The Morgan fingerprint density at radius 1 is 1.05 bits per heavy atom. The van der Waals surface area contributed by atoms with Gasteiger partial charge in [0.05, 0.1) is 11.3 Å². The molecule has 2 unspecified atom stereocenters. The number of aryl methyl sites for hydroxylation is 1. The highest BCUT2D eigenvalue weighted by Crippen LogP contribution is 2.19. The van der Waals surface area contributed by atoms with Crippen LogP contribution in [-0.4, -0.2) is 11.2 Å². The first kappa shape index (κ1) is 16.6. The fourth-order valence-corrected chi connectivity index (χ4v) is 2.99. The monoisotopic (exact) mass is 313 g/mol. The molecule has 0 aromatic heterocycles. The van der Waals surface area contributed by atoms with E-state index >= 15 is 0 Å². The number of carbonyl (C=O) groups excluding carboxylic acids is 1. The molecule has 22 heavy (non-hydrogen) atoms. The van der Waals surface area contributed by atoms with Gasteiger partial charge in [-0.2, -0.15) is 0 Å². The van der Waals surface area contributed by atoms with Gasteiger partial charge in [-0.1, -0.05) is 60.2 Å². The summed E-state index contributed by atoms with van der Waals surface area (Å²) in [5, 5.41) is 3.03. The minimum absolute atomic E-state index is 0.0351. The molecule has 116 valence electrons. The molecule has 0 saturated carbocycles. The lowest BCUT2D eigenvalue weighted by Crippen LogP contribution is -2.33. The molecular formula is C19H23NOS. The van der Waals surface area contributed by atoms with Crippen molar-refractivity contribution in [1.82, 2.24) is 5.32 Å². The van der Waals surface area contributed by atoms with Gasteiger partial charge in [0.2, 0.25) is 5.91 Å². The molecule has 3 heteroatoms. The summed E-state index contributed by atoms with van der Waals surface area (Å²) in [5.41, 5.74) is 3.62. The zero-order valence-corrected chi connectivity index (χ0v) is 14.2. The molecule has 0 bridgehead atoms. The summed E-state index contributed by atoms with van der Waals surface area (Å²) < 4.78 is 0. The Morgan fingerprint density at radius 3 is 2.32 bits per heavy atom. The van der Waals surface area contributed by atoms with Crippen molar-refractivity contribution in [3.8, 4) is 0 Å². The SMILES string of the molecule is Cc1ccc(C(C)NC(=O)C(C)SCc2ccccc2)cc1. The number of amides is 1. The summed E-state index contributed by atoms with van der Waals surface area (Å²) >= 11 is 1.67. The summed E-state index contributed by atoms with van der Waals surface area (Å²) in [7, 11) is 0. The summed E-state index contributed by atoms with van der Waals surface area (Å²) in [5.74, 6) is 0.947. The van der Waals surface area contributed by atoms with Gasteiger partial charge in [-0.05, 0) is 31.9 Å². The Morgan fingerprint density at radius 2 is 1.68 bits per heavy atom. The summed E-state index contributed by atoms with van der Waals surface area (Å²) in [6, 6.07) is 18.6. The number of carbonyl (C=O) groups is 1. The molecule has 0 fully saturated rings. The second-order valence-electron chi connectivity index (χ2n) is 5.58. The van der Waals surface area contributed by atoms with Gasteiger partial charge >= 0.3 is 0 Å². The van der Waals surface area contributed by atoms with Crippen molar-refractivity contribution in [2.24, 2.45) is 0 Å². The molecule has 2 nitrogen and oxygen atoms in total. The largest absolute Gasteiger partial charge is 0.349 e. The van der Waals surface area contributed by atoms with Gasteiger partial charge in [-0.15, -0.1) is 11.8 Å². The third kappa shape index (κ3) is 4.92. The van der Waals surface area contributed by atoms with Gasteiger partial charge in [0, 0.05) is 5.75 Å². The van der Waals surface area contributed by atoms with E-state index in [1.165, 1.54) is 11.1 Å². The van der Waals surface area contributed by atoms with Crippen molar-refractivity contribution < 1.29 is 4.79 Å². The van der Waals surface area contributed by atoms with E-state index in [9.17, 15) is 4.79 Å². The summed E-state index contributed by atoms with van der Waals surface area (Å²) in [4.78, 5) is 12.3. The maximum atomic E-state index is 12.3. The number of benzene rings is 2. The van der Waals surface area contributed by atoms with E-state index in [2.05, 4.69) is 48.6 Å². The number of rotatable bonds is 6. The molecule has 2 atom stereocenters. The second-order valence-corrected chi connectivity index (χ2v) is 6.91. The number of nitrogens with one attached hydrogen (secondary N) is 1. The van der Waals surface area contributed by atoms with Crippen LogP contribution in [0.25, 0.3) is 0 Å². The normalized spacial score (nSPS) is 13.4. The molecule has 1 amide bonds. The van der Waals surface area contributed by atoms with E-state index in [-0.39, 0.29) is 17.2 Å². The van der Waals surface area contributed by atoms with Gasteiger partial charge in [0.25, 0.3) is 0 Å². The Balaban J connectivity index is 1.84. The molecular weight excluding hydrogens is 290 g/mol. The van der Waals surface area contributed by atoms with Crippen LogP contribution in [0, 0.1) is 6.92 Å². The smallest absolute Gasteiger partial charge is 0.233 e. The predicted octanol–water partition coefficient (Wildman–Crippen LogP) is 4.49. The quantitative estimate of drug-likeness (QED) is 0.851. The zero-order valence-electron chi connectivity index (χ0n) is 13.4. The maximum Gasteiger partial charge on any atom is 0.233 e. The Bertz CT molecular complexity index is 595. The number of hydrogen-bond acceptors (Lipinski definition) is 2. The average Bonchev–Trinajstić information content (AvgIpc) is 2.54. The second kappa shape index (κ2) is 8.04. The standard InChI is InChI=1S/C19H23NOS/c1-14-9-11-18(12-10-14)15(2)20-19(21)16(3)22-13-17-7-5-4-6-8-17/h4-12,15-16H,13H2,1-3H3,(H,20,21). The average molecular weight is 313 g/mol. The van der Waals surface area contributed by atoms with Crippen LogP contribution in [0.4, 0.5) is 0 Å². The molecule has 0 aliphatic heterocycles. The first-order chi connectivity index (χ1) is 10.6. The lowest BCUT2D eigenvalue weighted by molar-refractivity contribution is -0.120.